The SMILES string of the molecule is C=C(Nc1ccc(Sc2nc(Nc3ccn[nH]3)cc(N3CCCN(C)CC3)n2)cc1)C1CC1. The first kappa shape index (κ1) is 21.8. The van der Waals surface area contributed by atoms with Crippen LogP contribution in [0.4, 0.5) is 23.1 Å². The number of rotatable bonds is 8. The number of nitrogens with zero attached hydrogens (tertiary/aromatic N) is 5. The fourth-order valence-electron chi connectivity index (χ4n) is 3.85. The van der Waals surface area contributed by atoms with Gasteiger partial charge in [0.15, 0.2) is 5.16 Å². The van der Waals surface area contributed by atoms with E-state index in [1.54, 1.807) is 18.0 Å². The maximum atomic E-state index is 4.91. The van der Waals surface area contributed by atoms with Crippen molar-refractivity contribution in [3.8, 4) is 0 Å². The van der Waals surface area contributed by atoms with E-state index in [2.05, 4.69) is 68.5 Å². The second kappa shape index (κ2) is 9.84. The molecule has 0 unspecified atom stereocenters. The zero-order chi connectivity index (χ0) is 22.6. The summed E-state index contributed by atoms with van der Waals surface area (Å²) in [7, 11) is 2.18. The maximum Gasteiger partial charge on any atom is 0.196 e. The number of allylic oxidation sites excluding steroid dienone is 1. The normalized spacial score (nSPS) is 16.9. The van der Waals surface area contributed by atoms with E-state index in [1.807, 2.05) is 12.1 Å². The van der Waals surface area contributed by atoms with Gasteiger partial charge in [-0.3, -0.25) is 5.10 Å². The first-order valence-corrected chi connectivity index (χ1v) is 12.3. The third-order valence-corrected chi connectivity index (χ3v) is 6.81. The van der Waals surface area contributed by atoms with Crippen LogP contribution in [0.5, 0.6) is 0 Å². The quantitative estimate of drug-likeness (QED) is 0.420. The summed E-state index contributed by atoms with van der Waals surface area (Å²) >= 11 is 1.57. The van der Waals surface area contributed by atoms with Crippen LogP contribution in [0.2, 0.25) is 0 Å². The zero-order valence-electron chi connectivity index (χ0n) is 18.9. The minimum absolute atomic E-state index is 0.634. The summed E-state index contributed by atoms with van der Waals surface area (Å²) in [6, 6.07) is 12.3. The lowest BCUT2D eigenvalue weighted by Gasteiger charge is -2.22. The maximum absolute atomic E-state index is 4.91. The van der Waals surface area contributed by atoms with E-state index in [4.69, 9.17) is 9.97 Å². The van der Waals surface area contributed by atoms with Gasteiger partial charge in [-0.1, -0.05) is 6.58 Å². The summed E-state index contributed by atoms with van der Waals surface area (Å²) in [6.07, 6.45) is 5.33. The van der Waals surface area contributed by atoms with E-state index in [1.165, 1.54) is 12.8 Å². The molecule has 0 atom stereocenters. The number of aromatic nitrogens is 4. The summed E-state index contributed by atoms with van der Waals surface area (Å²) in [5, 5.41) is 14.4. The average molecular weight is 463 g/mol. The third-order valence-electron chi connectivity index (χ3n) is 5.94. The number of aromatic amines is 1. The number of anilines is 4. The number of hydrogen-bond acceptors (Lipinski definition) is 8. The van der Waals surface area contributed by atoms with Gasteiger partial charge >= 0.3 is 0 Å². The van der Waals surface area contributed by atoms with Crippen LogP contribution in [0.3, 0.4) is 0 Å². The average Bonchev–Trinajstić information content (AvgIpc) is 3.58. The lowest BCUT2D eigenvalue weighted by molar-refractivity contribution is 0.360. The van der Waals surface area contributed by atoms with Crippen molar-refractivity contribution >= 4 is 34.9 Å². The van der Waals surface area contributed by atoms with Gasteiger partial charge in [-0.25, -0.2) is 9.97 Å². The molecule has 0 radical (unpaired) electrons. The van der Waals surface area contributed by atoms with Crippen molar-refractivity contribution in [1.29, 1.82) is 0 Å². The smallest absolute Gasteiger partial charge is 0.196 e. The van der Waals surface area contributed by atoms with Crippen molar-refractivity contribution in [2.75, 3.05) is 48.8 Å². The fraction of sp³-hybridized carbons (Fsp3) is 0.375. The Balaban J connectivity index is 1.35. The van der Waals surface area contributed by atoms with E-state index >= 15 is 0 Å². The molecule has 9 heteroatoms. The molecule has 0 amide bonds. The van der Waals surface area contributed by atoms with Crippen LogP contribution < -0.4 is 15.5 Å². The Morgan fingerprint density at radius 3 is 2.70 bits per heavy atom. The Morgan fingerprint density at radius 1 is 1.09 bits per heavy atom. The number of benzene rings is 1. The van der Waals surface area contributed by atoms with E-state index in [9.17, 15) is 0 Å². The zero-order valence-corrected chi connectivity index (χ0v) is 19.7. The molecule has 5 rings (SSSR count). The van der Waals surface area contributed by atoms with Gasteiger partial charge in [0.1, 0.15) is 17.5 Å². The predicted molar refractivity (Wildman–Crippen MR) is 134 cm³/mol. The van der Waals surface area contributed by atoms with Gasteiger partial charge in [-0.15, -0.1) is 0 Å². The molecule has 1 aromatic carbocycles. The van der Waals surface area contributed by atoms with E-state index < -0.39 is 0 Å². The highest BCUT2D eigenvalue weighted by Gasteiger charge is 2.24. The minimum atomic E-state index is 0.634. The number of nitrogens with one attached hydrogen (secondary N) is 3. The fourth-order valence-corrected chi connectivity index (χ4v) is 4.62. The van der Waals surface area contributed by atoms with Crippen LogP contribution in [-0.2, 0) is 0 Å². The summed E-state index contributed by atoms with van der Waals surface area (Å²) in [5.74, 6) is 3.14. The lowest BCUT2D eigenvalue weighted by Crippen LogP contribution is -2.29. The van der Waals surface area contributed by atoms with Gasteiger partial charge in [-0.2, -0.15) is 5.10 Å². The molecule has 33 heavy (non-hydrogen) atoms. The van der Waals surface area contributed by atoms with Gasteiger partial charge in [0.25, 0.3) is 0 Å². The molecule has 1 saturated heterocycles. The summed E-state index contributed by atoms with van der Waals surface area (Å²) < 4.78 is 0. The molecule has 1 aliphatic heterocycles. The molecule has 3 aromatic rings. The van der Waals surface area contributed by atoms with Gasteiger partial charge in [0.05, 0.1) is 6.20 Å². The van der Waals surface area contributed by atoms with Crippen LogP contribution in [0.15, 0.2) is 64.9 Å². The lowest BCUT2D eigenvalue weighted by atomic mass is 10.2. The Hall–Kier alpha value is -3.04. The summed E-state index contributed by atoms with van der Waals surface area (Å²) in [5.41, 5.74) is 2.19. The van der Waals surface area contributed by atoms with Crippen LogP contribution in [0.25, 0.3) is 0 Å². The van der Waals surface area contributed by atoms with E-state index in [0.29, 0.717) is 5.92 Å². The van der Waals surface area contributed by atoms with Gasteiger partial charge in [0, 0.05) is 48.0 Å². The third kappa shape index (κ3) is 5.85. The number of H-pyrrole nitrogens is 1. The highest BCUT2D eigenvalue weighted by molar-refractivity contribution is 7.99. The molecule has 0 spiro atoms. The van der Waals surface area contributed by atoms with Crippen LogP contribution in [-0.4, -0.2) is 58.3 Å². The molecule has 2 aromatic heterocycles. The standard InChI is InChI=1S/C24H30N8S/c1-17(18-4-5-18)26-19-6-8-20(9-7-19)33-24-28-22(27-21-10-11-25-30-21)16-23(29-24)32-13-3-12-31(2)14-15-32/h6-11,16,18,26H,1,3-5,12-15H2,2H3,(H2,25,27,28,29,30). The van der Waals surface area contributed by atoms with Crippen molar-refractivity contribution in [2.45, 2.75) is 29.3 Å². The first-order chi connectivity index (χ1) is 16.1. The van der Waals surface area contributed by atoms with Crippen molar-refractivity contribution in [3.63, 3.8) is 0 Å². The molecule has 172 valence electrons. The molecule has 1 aliphatic carbocycles. The molecular formula is C24H30N8S. The van der Waals surface area contributed by atoms with E-state index in [0.717, 1.165) is 71.5 Å². The van der Waals surface area contributed by atoms with Crippen LogP contribution >= 0.6 is 11.8 Å². The Bertz CT molecular complexity index is 1080. The van der Waals surface area contributed by atoms with Gasteiger partial charge < -0.3 is 20.4 Å². The molecule has 2 fully saturated rings. The second-order valence-electron chi connectivity index (χ2n) is 8.68. The molecule has 3 N–H and O–H groups in total. The highest BCUT2D eigenvalue weighted by atomic mass is 32.2. The molecule has 0 bridgehead atoms. The largest absolute Gasteiger partial charge is 0.359 e. The van der Waals surface area contributed by atoms with Crippen LogP contribution in [0, 0.1) is 5.92 Å². The highest BCUT2D eigenvalue weighted by Crippen LogP contribution is 2.36. The van der Waals surface area contributed by atoms with Crippen molar-refractivity contribution in [1.82, 2.24) is 25.1 Å². The Morgan fingerprint density at radius 2 is 1.94 bits per heavy atom. The van der Waals surface area contributed by atoms with Crippen molar-refractivity contribution < 1.29 is 0 Å². The number of likely N-dealkylation sites (N-methyl/N-ethyl adjacent to an activating group) is 1. The molecule has 8 nitrogen and oxygen atoms in total. The number of hydrogen-bond donors (Lipinski definition) is 3. The van der Waals surface area contributed by atoms with Crippen molar-refractivity contribution in [3.05, 3.63) is 54.9 Å². The summed E-state index contributed by atoms with van der Waals surface area (Å²) in [6.45, 7) is 8.22. The molecular weight excluding hydrogens is 432 g/mol. The Kier molecular flexibility index (Phi) is 6.50. The predicted octanol–water partition coefficient (Wildman–Crippen LogP) is 4.57. The molecule has 2 aliphatic rings. The van der Waals surface area contributed by atoms with Gasteiger partial charge in [0.2, 0.25) is 0 Å². The molecule has 3 heterocycles. The topological polar surface area (TPSA) is 85.0 Å². The van der Waals surface area contributed by atoms with Crippen LogP contribution in [0.1, 0.15) is 19.3 Å². The summed E-state index contributed by atoms with van der Waals surface area (Å²) in [4.78, 5) is 15.5. The monoisotopic (exact) mass is 462 g/mol. The first-order valence-electron chi connectivity index (χ1n) is 11.4. The second-order valence-corrected chi connectivity index (χ2v) is 9.72. The van der Waals surface area contributed by atoms with E-state index in [-0.39, 0.29) is 0 Å². The van der Waals surface area contributed by atoms with Gasteiger partial charge in [-0.05, 0) is 74.8 Å². The molecule has 1 saturated carbocycles. The minimum Gasteiger partial charge on any atom is -0.359 e. The Labute approximate surface area is 198 Å². The van der Waals surface area contributed by atoms with Crippen molar-refractivity contribution in [2.24, 2.45) is 5.92 Å².